The van der Waals surface area contributed by atoms with Gasteiger partial charge in [0.1, 0.15) is 5.75 Å². The zero-order chi connectivity index (χ0) is 19.4. The largest absolute Gasteiger partial charge is 0.487 e. The van der Waals surface area contributed by atoms with Gasteiger partial charge in [-0.05, 0) is 36.4 Å². The van der Waals surface area contributed by atoms with Crippen LogP contribution in [-0.4, -0.2) is 26.4 Å². The van der Waals surface area contributed by atoms with Crippen LogP contribution in [0.15, 0.2) is 55.0 Å². The van der Waals surface area contributed by atoms with Gasteiger partial charge in [-0.15, -0.1) is 8.78 Å². The summed E-state index contributed by atoms with van der Waals surface area (Å²) < 4.78 is 29.5. The molecule has 0 fully saturated rings. The van der Waals surface area contributed by atoms with Crippen LogP contribution in [0.5, 0.6) is 5.75 Å². The van der Waals surface area contributed by atoms with Crippen LogP contribution in [0.25, 0.3) is 11.4 Å². The average molecular weight is 411 g/mol. The third-order valence-electron chi connectivity index (χ3n) is 3.26. The molecule has 0 radical (unpaired) electrons. The van der Waals surface area contributed by atoms with Gasteiger partial charge in [-0.1, -0.05) is 11.6 Å². The molecule has 0 bridgehead atoms. The molecule has 2 heterocycles. The molecule has 1 amide bonds. The summed E-state index contributed by atoms with van der Waals surface area (Å²) in [6, 6.07) is 8.75. The van der Waals surface area contributed by atoms with E-state index >= 15 is 0 Å². The summed E-state index contributed by atoms with van der Waals surface area (Å²) in [4.78, 5) is 24.2. The fourth-order valence-corrected chi connectivity index (χ4v) is 2.35. The molecule has 3 rings (SSSR count). The Labute approximate surface area is 162 Å². The molecule has 27 heavy (non-hydrogen) atoms. The zero-order valence-corrected chi connectivity index (χ0v) is 14.9. The van der Waals surface area contributed by atoms with E-state index in [0.717, 1.165) is 0 Å². The summed E-state index contributed by atoms with van der Waals surface area (Å²) in [6.45, 7) is 0. The van der Waals surface area contributed by atoms with Gasteiger partial charge in [0.2, 0.25) is 0 Å². The minimum Gasteiger partial charge on any atom is -0.420 e. The summed E-state index contributed by atoms with van der Waals surface area (Å²) in [5.41, 5.74) is -2.72. The van der Waals surface area contributed by atoms with Crippen LogP contribution >= 0.6 is 23.2 Å². The number of alkyl halides is 3. The molecule has 1 N–H and O–H groups in total. The Hall–Kier alpha value is -2.84. The fourth-order valence-electron chi connectivity index (χ4n) is 2.08. The Kier molecular flexibility index (Phi) is 5.48. The van der Waals surface area contributed by atoms with E-state index in [-0.39, 0.29) is 22.4 Å². The van der Waals surface area contributed by atoms with Crippen molar-refractivity contribution in [1.29, 1.82) is 0 Å². The highest BCUT2D eigenvalue weighted by atomic mass is 35.5. The summed E-state index contributed by atoms with van der Waals surface area (Å²) in [6.07, 6.45) is 4.30. The number of nitrogens with zero attached hydrogens (tertiary/aromatic N) is 3. The molecule has 2 aromatic heterocycles. The predicted molar refractivity (Wildman–Crippen MR) is 96.1 cm³/mol. The van der Waals surface area contributed by atoms with E-state index in [2.05, 4.69) is 25.0 Å². The minimum absolute atomic E-state index is 0.0184. The molecule has 0 spiro atoms. The molecule has 0 saturated heterocycles. The summed E-state index contributed by atoms with van der Waals surface area (Å²) >= 11 is 10.8. The van der Waals surface area contributed by atoms with Crippen LogP contribution < -0.4 is 10.1 Å². The third kappa shape index (κ3) is 5.08. The highest BCUT2D eigenvalue weighted by Gasteiger charge is 2.27. The Morgan fingerprint density at radius 2 is 1.89 bits per heavy atom. The number of carbonyl (C=O) groups excluding carboxylic acids is 1. The van der Waals surface area contributed by atoms with Crippen LogP contribution in [0.2, 0.25) is 5.15 Å². The first-order valence-corrected chi connectivity index (χ1v) is 8.17. The first-order chi connectivity index (χ1) is 12.8. The van der Waals surface area contributed by atoms with E-state index in [1.807, 2.05) is 0 Å². The zero-order valence-electron chi connectivity index (χ0n) is 13.4. The van der Waals surface area contributed by atoms with Crippen molar-refractivity contribution < 1.29 is 18.3 Å². The number of nitrogens with one attached hydrogen (secondary N) is 1. The van der Waals surface area contributed by atoms with Crippen molar-refractivity contribution in [3.63, 3.8) is 0 Å². The molecule has 6 nitrogen and oxygen atoms in total. The highest BCUT2D eigenvalue weighted by Crippen LogP contribution is 2.28. The normalized spacial score (nSPS) is 11.1. The predicted octanol–water partition coefficient (Wildman–Crippen LogP) is 4.61. The second kappa shape index (κ2) is 7.81. The Morgan fingerprint density at radius 1 is 1.15 bits per heavy atom. The molecular weight excluding hydrogens is 401 g/mol. The van der Waals surface area contributed by atoms with Crippen LogP contribution in [0.4, 0.5) is 14.5 Å². The van der Waals surface area contributed by atoms with E-state index in [4.69, 9.17) is 23.2 Å². The number of halogens is 4. The van der Waals surface area contributed by atoms with Crippen LogP contribution in [0, 0.1) is 0 Å². The standard InChI is InChI=1S/C17H10Cl2F2N4O2/c18-14-13(24-16(26)11-2-1-7-22-8-11)9-23-15(25-14)10-3-5-12(6-4-10)27-17(19,20)21/h1-9H,(H,24,26). The van der Waals surface area contributed by atoms with Gasteiger partial charge in [0, 0.05) is 29.6 Å². The molecule has 0 aliphatic heterocycles. The van der Waals surface area contributed by atoms with Gasteiger partial charge in [0.25, 0.3) is 5.91 Å². The second-order valence-electron chi connectivity index (χ2n) is 5.17. The quantitative estimate of drug-likeness (QED) is 0.490. The molecule has 138 valence electrons. The lowest BCUT2D eigenvalue weighted by Gasteiger charge is -2.11. The van der Waals surface area contributed by atoms with Gasteiger partial charge in [-0.2, -0.15) is 0 Å². The number of ether oxygens (including phenoxy) is 1. The lowest BCUT2D eigenvalue weighted by Crippen LogP contribution is -2.15. The fraction of sp³-hybridized carbons (Fsp3) is 0.0588. The van der Waals surface area contributed by atoms with E-state index in [0.29, 0.717) is 11.1 Å². The van der Waals surface area contributed by atoms with Crippen molar-refractivity contribution in [3.05, 3.63) is 65.7 Å². The van der Waals surface area contributed by atoms with E-state index < -0.39 is 11.5 Å². The van der Waals surface area contributed by atoms with Crippen molar-refractivity contribution in [2.75, 3.05) is 5.32 Å². The number of benzene rings is 1. The molecule has 0 aliphatic carbocycles. The molecule has 0 unspecified atom stereocenters. The third-order valence-corrected chi connectivity index (χ3v) is 3.63. The molecule has 3 aromatic rings. The Bertz CT molecular complexity index is 951. The highest BCUT2D eigenvalue weighted by molar-refractivity contribution is 6.32. The number of carbonyl (C=O) groups is 1. The van der Waals surface area contributed by atoms with Crippen molar-refractivity contribution in [2.24, 2.45) is 0 Å². The van der Waals surface area contributed by atoms with Crippen molar-refractivity contribution in [3.8, 4) is 17.1 Å². The average Bonchev–Trinajstić information content (AvgIpc) is 2.63. The second-order valence-corrected chi connectivity index (χ2v) is 5.96. The molecule has 10 heteroatoms. The van der Waals surface area contributed by atoms with Gasteiger partial charge < -0.3 is 10.1 Å². The number of aromatic nitrogens is 3. The van der Waals surface area contributed by atoms with Gasteiger partial charge in [0.05, 0.1) is 17.4 Å². The van der Waals surface area contributed by atoms with Gasteiger partial charge in [-0.3, -0.25) is 9.78 Å². The Balaban J connectivity index is 1.75. The monoisotopic (exact) mass is 410 g/mol. The van der Waals surface area contributed by atoms with Crippen LogP contribution in [-0.2, 0) is 0 Å². The topological polar surface area (TPSA) is 77.0 Å². The number of hydrogen-bond acceptors (Lipinski definition) is 5. The minimum atomic E-state index is -3.80. The first-order valence-electron chi connectivity index (χ1n) is 7.42. The van der Waals surface area contributed by atoms with Crippen LogP contribution in [0.1, 0.15) is 10.4 Å². The lowest BCUT2D eigenvalue weighted by atomic mass is 10.2. The maximum Gasteiger partial charge on any atom is 0.487 e. The maximum atomic E-state index is 12.6. The van der Waals surface area contributed by atoms with Crippen LogP contribution in [0.3, 0.4) is 0 Å². The van der Waals surface area contributed by atoms with Crippen molar-refractivity contribution in [1.82, 2.24) is 15.0 Å². The maximum absolute atomic E-state index is 12.6. The van der Waals surface area contributed by atoms with E-state index in [1.165, 1.54) is 36.7 Å². The van der Waals surface area contributed by atoms with Crippen molar-refractivity contribution >= 4 is 34.8 Å². The van der Waals surface area contributed by atoms with Gasteiger partial charge >= 0.3 is 5.57 Å². The molecule has 0 saturated carbocycles. The molecular formula is C17H10Cl2F2N4O2. The van der Waals surface area contributed by atoms with E-state index in [1.54, 1.807) is 18.3 Å². The summed E-state index contributed by atoms with van der Waals surface area (Å²) in [5.74, 6) is -0.293. The molecule has 0 aliphatic rings. The van der Waals surface area contributed by atoms with E-state index in [9.17, 15) is 13.6 Å². The van der Waals surface area contributed by atoms with Gasteiger partial charge in [-0.25, -0.2) is 9.97 Å². The summed E-state index contributed by atoms with van der Waals surface area (Å²) in [7, 11) is 0. The number of amides is 1. The van der Waals surface area contributed by atoms with Crippen molar-refractivity contribution in [2.45, 2.75) is 5.57 Å². The summed E-state index contributed by atoms with van der Waals surface area (Å²) in [5, 5.41) is 2.60. The number of hydrogen-bond donors (Lipinski definition) is 1. The number of anilines is 1. The smallest absolute Gasteiger partial charge is 0.420 e. The molecule has 1 aromatic carbocycles. The number of pyridine rings is 1. The van der Waals surface area contributed by atoms with Gasteiger partial charge in [0.15, 0.2) is 11.0 Å². The number of rotatable bonds is 5. The lowest BCUT2D eigenvalue weighted by molar-refractivity contribution is -0.0964. The molecule has 0 atom stereocenters. The first kappa shape index (κ1) is 18.9. The SMILES string of the molecule is O=C(Nc1cnc(-c2ccc(OC(F)(F)Cl)cc2)nc1Cl)c1cccnc1. The Morgan fingerprint density at radius 3 is 2.48 bits per heavy atom.